The molecule has 0 radical (unpaired) electrons. The average molecular weight is 861 g/mol. The lowest BCUT2D eigenvalue weighted by molar-refractivity contribution is -0.0334. The van der Waals surface area contributed by atoms with Crippen LogP contribution in [0.1, 0.15) is 41.4 Å². The zero-order chi connectivity index (χ0) is 45.0. The lowest BCUT2D eigenvalue weighted by Crippen LogP contribution is -2.16. The van der Waals surface area contributed by atoms with Gasteiger partial charge in [0, 0.05) is 22.3 Å². The van der Waals surface area contributed by atoms with Crippen molar-refractivity contribution in [1.29, 1.82) is 0 Å². The van der Waals surface area contributed by atoms with Crippen molar-refractivity contribution in [1.82, 2.24) is 0 Å². The fourth-order valence-corrected chi connectivity index (χ4v) is 7.76. The van der Waals surface area contributed by atoms with E-state index in [2.05, 4.69) is 0 Å². The van der Waals surface area contributed by atoms with E-state index in [0.717, 1.165) is 74.4 Å². The Morgan fingerprint density at radius 1 is 0.281 bits per heavy atom. The molecule has 0 saturated carbocycles. The van der Waals surface area contributed by atoms with E-state index in [4.69, 9.17) is 18.9 Å². The predicted octanol–water partition coefficient (Wildman–Crippen LogP) is 10.2. The molecule has 0 amide bonds. The van der Waals surface area contributed by atoms with E-state index in [1.807, 2.05) is 97.1 Å². The fourth-order valence-electron chi connectivity index (χ4n) is 7.76. The van der Waals surface area contributed by atoms with Crippen LogP contribution in [0.2, 0.25) is 0 Å². The number of rotatable bonds is 6. The minimum Gasteiger partial charge on any atom is -0.478 e. The molecule has 12 nitrogen and oxygen atoms in total. The van der Waals surface area contributed by atoms with E-state index in [1.165, 1.54) is 24.3 Å². The Labute approximate surface area is 367 Å². The number of benzene rings is 8. The zero-order valence-corrected chi connectivity index (χ0v) is 34.6. The van der Waals surface area contributed by atoms with Gasteiger partial charge in [-0.3, -0.25) is 0 Å². The predicted molar refractivity (Wildman–Crippen MR) is 245 cm³/mol. The zero-order valence-electron chi connectivity index (χ0n) is 34.6. The first-order valence-electron chi connectivity index (χ1n) is 20.5. The van der Waals surface area contributed by atoms with Crippen LogP contribution in [-0.4, -0.2) is 97.2 Å². The summed E-state index contributed by atoms with van der Waals surface area (Å²) in [5.74, 6) is -4.35. The normalized spacial score (nSPS) is 13.4. The highest BCUT2D eigenvalue weighted by molar-refractivity contribution is 6.18. The molecule has 0 atom stereocenters. The highest BCUT2D eigenvalue weighted by Crippen LogP contribution is 2.41. The summed E-state index contributed by atoms with van der Waals surface area (Å²) in [7, 11) is 0. The third-order valence-corrected chi connectivity index (χ3v) is 10.6. The molecule has 0 bridgehead atoms. The molecule has 4 N–H and O–H groups in total. The molecule has 0 spiro atoms. The highest BCUT2D eigenvalue weighted by atomic mass is 16.6. The number of hydrogen-bond acceptors (Lipinski definition) is 8. The van der Waals surface area contributed by atoms with Gasteiger partial charge in [-0.2, -0.15) is 0 Å². The van der Waals surface area contributed by atoms with Crippen LogP contribution < -0.4 is 0 Å². The number of hydrogen-bond donors (Lipinski definition) is 4. The van der Waals surface area contributed by atoms with Gasteiger partial charge >= 0.3 is 23.9 Å². The number of carboxylic acid groups (broad SMARTS) is 4. The second-order valence-electron chi connectivity index (χ2n) is 14.5. The Morgan fingerprint density at radius 3 is 0.641 bits per heavy atom. The quantitative estimate of drug-likeness (QED) is 0.124. The molecule has 8 aromatic rings. The van der Waals surface area contributed by atoms with Gasteiger partial charge in [-0.05, 0) is 67.4 Å². The topological polar surface area (TPSA) is 186 Å². The third-order valence-electron chi connectivity index (χ3n) is 10.6. The molecule has 2 fully saturated rings. The molecule has 2 aliphatic rings. The minimum absolute atomic E-state index is 0.0857. The van der Waals surface area contributed by atoms with E-state index in [-0.39, 0.29) is 22.3 Å². The van der Waals surface area contributed by atoms with Gasteiger partial charge in [0.2, 0.25) is 0 Å². The second kappa shape index (κ2) is 21.1. The Hall–Kier alpha value is -7.48. The van der Waals surface area contributed by atoms with Crippen LogP contribution in [0.3, 0.4) is 0 Å². The highest BCUT2D eigenvalue weighted by Gasteiger charge is 2.24. The lowest BCUT2D eigenvalue weighted by Gasteiger charge is -2.16. The number of aromatic carboxylic acids is 4. The molecule has 64 heavy (non-hydrogen) atoms. The number of ether oxygens (including phenoxy) is 4. The maximum atomic E-state index is 11.9. The Balaban J connectivity index is 0.000000152. The summed E-state index contributed by atoms with van der Waals surface area (Å²) >= 11 is 0. The van der Waals surface area contributed by atoms with Crippen LogP contribution in [0.5, 0.6) is 0 Å². The van der Waals surface area contributed by atoms with Crippen LogP contribution in [0.15, 0.2) is 146 Å². The van der Waals surface area contributed by atoms with Crippen LogP contribution in [0, 0.1) is 0 Å². The summed E-state index contributed by atoms with van der Waals surface area (Å²) in [4.78, 5) is 47.6. The fraction of sp³-hybridized carbons (Fsp3) is 0.154. The molecule has 324 valence electrons. The maximum absolute atomic E-state index is 11.9. The second-order valence-corrected chi connectivity index (χ2v) is 14.5. The molecule has 2 saturated heterocycles. The maximum Gasteiger partial charge on any atom is 0.336 e. The van der Waals surface area contributed by atoms with Crippen molar-refractivity contribution in [2.24, 2.45) is 0 Å². The van der Waals surface area contributed by atoms with Gasteiger partial charge < -0.3 is 39.4 Å². The Morgan fingerprint density at radius 2 is 0.469 bits per heavy atom. The molecule has 0 aromatic heterocycles. The van der Waals surface area contributed by atoms with Gasteiger partial charge in [0.1, 0.15) is 0 Å². The van der Waals surface area contributed by atoms with Crippen LogP contribution in [0.25, 0.3) is 65.3 Å². The van der Waals surface area contributed by atoms with Crippen molar-refractivity contribution in [3.05, 3.63) is 168 Å². The van der Waals surface area contributed by atoms with Gasteiger partial charge in [-0.25, -0.2) is 19.2 Å². The number of carboxylic acids is 4. The summed E-state index contributed by atoms with van der Waals surface area (Å²) in [6.07, 6.45) is 0. The van der Waals surface area contributed by atoms with Crippen molar-refractivity contribution < 1.29 is 58.6 Å². The molecule has 2 heterocycles. The summed E-state index contributed by atoms with van der Waals surface area (Å²) in [6, 6.07) is 42.7. The SMILES string of the molecule is C1COCCO1.C1COCCO1.O=C(O)c1ccc2ccccc2c1-c1c(C(=O)O)ccc2ccccc12.O=C(O)c1ccc2ccccc2c1-c1c(C(=O)O)ccc2ccccc12. The van der Waals surface area contributed by atoms with Crippen molar-refractivity contribution in [2.75, 3.05) is 52.9 Å². The first kappa shape index (κ1) is 44.6. The Bertz CT molecular complexity index is 2570. The molecule has 0 aliphatic carbocycles. The standard InChI is InChI=1S/2C22H14O4.2C4H8O2/c2*23-21(24)17-11-9-13-5-1-3-7-15(13)19(17)20-16-8-4-2-6-14(16)10-12-18(20)22(25)26;2*1-2-6-4-3-5-1/h2*1-12H,(H,23,24)(H,25,26);2*1-4H2. The lowest BCUT2D eigenvalue weighted by atomic mass is 9.87. The van der Waals surface area contributed by atoms with E-state index in [0.29, 0.717) is 43.8 Å². The summed E-state index contributed by atoms with van der Waals surface area (Å²) in [5.41, 5.74) is 2.08. The Kier molecular flexibility index (Phi) is 14.7. The van der Waals surface area contributed by atoms with Crippen LogP contribution in [0.4, 0.5) is 0 Å². The molecule has 12 heteroatoms. The average Bonchev–Trinajstić information content (AvgIpc) is 3.34. The van der Waals surface area contributed by atoms with Crippen molar-refractivity contribution in [3.63, 3.8) is 0 Å². The van der Waals surface area contributed by atoms with Gasteiger partial charge in [0.25, 0.3) is 0 Å². The van der Waals surface area contributed by atoms with Gasteiger partial charge in [-0.15, -0.1) is 0 Å². The number of carbonyl (C=O) groups is 4. The summed E-state index contributed by atoms with van der Waals surface area (Å²) < 4.78 is 19.8. The van der Waals surface area contributed by atoms with E-state index in [9.17, 15) is 39.6 Å². The van der Waals surface area contributed by atoms with E-state index >= 15 is 0 Å². The monoisotopic (exact) mass is 860 g/mol. The number of fused-ring (bicyclic) bond motifs is 4. The van der Waals surface area contributed by atoms with E-state index in [1.54, 1.807) is 24.3 Å². The van der Waals surface area contributed by atoms with E-state index < -0.39 is 23.9 Å². The third kappa shape index (κ3) is 10.1. The molecule has 10 rings (SSSR count). The first-order valence-corrected chi connectivity index (χ1v) is 20.5. The van der Waals surface area contributed by atoms with Crippen molar-refractivity contribution in [2.45, 2.75) is 0 Å². The van der Waals surface area contributed by atoms with Gasteiger partial charge in [0.15, 0.2) is 0 Å². The first-order chi connectivity index (χ1) is 31.2. The van der Waals surface area contributed by atoms with Gasteiger partial charge in [0.05, 0.1) is 75.1 Å². The minimum atomic E-state index is -1.09. The van der Waals surface area contributed by atoms with Crippen LogP contribution in [-0.2, 0) is 18.9 Å². The summed E-state index contributed by atoms with van der Waals surface area (Å²) in [6.45, 7) is 6.22. The molecular weight excluding hydrogens is 817 g/mol. The molecule has 0 unspecified atom stereocenters. The molecule has 8 aromatic carbocycles. The van der Waals surface area contributed by atoms with Crippen LogP contribution >= 0.6 is 0 Å². The van der Waals surface area contributed by atoms with Crippen molar-refractivity contribution >= 4 is 67.0 Å². The largest absolute Gasteiger partial charge is 0.478 e. The van der Waals surface area contributed by atoms with Gasteiger partial charge in [-0.1, -0.05) is 121 Å². The molecule has 2 aliphatic heterocycles. The summed E-state index contributed by atoms with van der Waals surface area (Å²) in [5, 5.41) is 45.3. The van der Waals surface area contributed by atoms with Crippen molar-refractivity contribution in [3.8, 4) is 22.3 Å². The molecular formula is C52H44O12. The smallest absolute Gasteiger partial charge is 0.336 e.